The van der Waals surface area contributed by atoms with E-state index in [1.165, 1.54) is 0 Å². The predicted octanol–water partition coefficient (Wildman–Crippen LogP) is 3.45. The molecular formula is C22H18N8S. The Kier molecular flexibility index (Phi) is 5.35. The van der Waals surface area contributed by atoms with Crippen LogP contribution in [0.5, 0.6) is 0 Å². The van der Waals surface area contributed by atoms with Crippen LogP contribution in [0.15, 0.2) is 58.4 Å². The second-order valence-corrected chi connectivity index (χ2v) is 7.60. The van der Waals surface area contributed by atoms with E-state index >= 15 is 0 Å². The fraction of sp³-hybridized carbons (Fsp3) is 0.0909. The van der Waals surface area contributed by atoms with Gasteiger partial charge >= 0.3 is 0 Å². The number of nitrogens with one attached hydrogen (secondary N) is 2. The van der Waals surface area contributed by atoms with E-state index in [4.69, 9.17) is 16.7 Å². The van der Waals surface area contributed by atoms with E-state index < -0.39 is 6.04 Å². The van der Waals surface area contributed by atoms with Gasteiger partial charge in [0.05, 0.1) is 5.69 Å². The van der Waals surface area contributed by atoms with Crippen molar-refractivity contribution in [2.24, 2.45) is 4.99 Å². The monoisotopic (exact) mass is 426 g/mol. The number of aromatic nitrogens is 1. The first kappa shape index (κ1) is 20.1. The van der Waals surface area contributed by atoms with Crippen LogP contribution in [0.2, 0.25) is 0 Å². The first-order valence-corrected chi connectivity index (χ1v) is 10.5. The molecule has 1 aromatic heterocycles. The minimum Gasteiger partial charge on any atom is -0.397 e. The van der Waals surface area contributed by atoms with Crippen molar-refractivity contribution in [3.8, 4) is 23.4 Å². The Morgan fingerprint density at radius 2 is 1.84 bits per heavy atom. The fourth-order valence-electron chi connectivity index (χ4n) is 3.57. The average molecular weight is 427 g/mol. The van der Waals surface area contributed by atoms with Crippen LogP contribution in [0.25, 0.3) is 11.1 Å². The number of nitrogens with two attached hydrogens (primary N) is 2. The summed E-state index contributed by atoms with van der Waals surface area (Å²) in [5.74, 6) is 0.604. The zero-order chi connectivity index (χ0) is 22.0. The molecule has 0 radical (unpaired) electrons. The van der Waals surface area contributed by atoms with Crippen molar-refractivity contribution in [2.75, 3.05) is 23.0 Å². The van der Waals surface area contributed by atoms with Crippen LogP contribution in [0.3, 0.4) is 0 Å². The Balaban J connectivity index is 1.94. The van der Waals surface area contributed by atoms with Crippen LogP contribution in [-0.4, -0.2) is 17.2 Å². The SMILES string of the molecule is CSc1ccc(-c2ccccc2C2N=C(NC#N)Nc3nc(N)c(C#N)c(N)c32)cc1. The summed E-state index contributed by atoms with van der Waals surface area (Å²) in [6.45, 7) is 0. The lowest BCUT2D eigenvalue weighted by Gasteiger charge is -2.27. The molecule has 0 fully saturated rings. The molecule has 0 bridgehead atoms. The van der Waals surface area contributed by atoms with Gasteiger partial charge in [-0.3, -0.25) is 5.32 Å². The van der Waals surface area contributed by atoms with Gasteiger partial charge in [-0.1, -0.05) is 36.4 Å². The number of anilines is 3. The lowest BCUT2D eigenvalue weighted by atomic mass is 9.89. The highest BCUT2D eigenvalue weighted by Gasteiger charge is 2.31. The van der Waals surface area contributed by atoms with Crippen LogP contribution in [-0.2, 0) is 0 Å². The summed E-state index contributed by atoms with van der Waals surface area (Å²) in [5.41, 5.74) is 16.0. The number of nitriles is 2. The van der Waals surface area contributed by atoms with Gasteiger partial charge in [0.2, 0.25) is 5.96 Å². The number of fused-ring (bicyclic) bond motifs is 1. The summed E-state index contributed by atoms with van der Waals surface area (Å²) in [5, 5.41) is 24.1. The summed E-state index contributed by atoms with van der Waals surface area (Å²) < 4.78 is 0. The number of hydrogen-bond donors (Lipinski definition) is 4. The number of nitrogen functional groups attached to an aromatic ring is 2. The van der Waals surface area contributed by atoms with E-state index in [2.05, 4.69) is 44.9 Å². The second kappa shape index (κ2) is 8.27. The van der Waals surface area contributed by atoms with E-state index in [9.17, 15) is 5.26 Å². The molecule has 0 saturated heterocycles. The number of thioether (sulfide) groups is 1. The molecule has 0 spiro atoms. The molecule has 1 aliphatic heterocycles. The quantitative estimate of drug-likeness (QED) is 0.283. The first-order valence-electron chi connectivity index (χ1n) is 9.29. The van der Waals surface area contributed by atoms with Gasteiger partial charge in [0, 0.05) is 10.5 Å². The molecule has 1 aliphatic rings. The van der Waals surface area contributed by atoms with Crippen molar-refractivity contribution < 1.29 is 0 Å². The normalized spacial score (nSPS) is 14.4. The average Bonchev–Trinajstić information content (AvgIpc) is 2.79. The first-order chi connectivity index (χ1) is 15.1. The number of hydrogen-bond acceptors (Lipinski definition) is 9. The molecule has 1 unspecified atom stereocenters. The second-order valence-electron chi connectivity index (χ2n) is 6.72. The summed E-state index contributed by atoms with van der Waals surface area (Å²) in [6, 6.07) is 17.5. The van der Waals surface area contributed by atoms with Crippen molar-refractivity contribution in [2.45, 2.75) is 10.9 Å². The van der Waals surface area contributed by atoms with Gasteiger partial charge in [-0.15, -0.1) is 11.8 Å². The standard InChI is InChI=1S/C22H18N8S/c1-31-13-8-6-12(7-9-13)14-4-2-3-5-15(14)19-17-18(25)16(10-23)20(26)29-21(17)30-22(28-19)27-11-24/h2-9,19H,1H3,(H6,25,26,27,28,29,30). The molecule has 8 nitrogen and oxygen atoms in total. The number of benzene rings is 2. The van der Waals surface area contributed by atoms with E-state index in [1.807, 2.05) is 42.8 Å². The van der Waals surface area contributed by atoms with Gasteiger partial charge in [-0.25, -0.2) is 9.98 Å². The van der Waals surface area contributed by atoms with E-state index in [1.54, 1.807) is 11.8 Å². The Hall–Kier alpha value is -4.21. The van der Waals surface area contributed by atoms with Crippen molar-refractivity contribution in [3.63, 3.8) is 0 Å². The maximum absolute atomic E-state index is 9.51. The third-order valence-electron chi connectivity index (χ3n) is 5.01. The maximum Gasteiger partial charge on any atom is 0.211 e. The van der Waals surface area contributed by atoms with E-state index in [0.717, 1.165) is 21.6 Å². The van der Waals surface area contributed by atoms with Crippen LogP contribution in [0.4, 0.5) is 17.3 Å². The molecule has 2 heterocycles. The Morgan fingerprint density at radius 3 is 2.52 bits per heavy atom. The number of guanidine groups is 1. The highest BCUT2D eigenvalue weighted by molar-refractivity contribution is 7.98. The summed E-state index contributed by atoms with van der Waals surface area (Å²) in [6.07, 6.45) is 3.89. The maximum atomic E-state index is 9.51. The van der Waals surface area contributed by atoms with E-state index in [-0.39, 0.29) is 23.0 Å². The number of aliphatic imine (C=N–C) groups is 1. The topological polar surface area (TPSA) is 149 Å². The lowest BCUT2D eigenvalue weighted by Crippen LogP contribution is -2.32. The molecule has 31 heavy (non-hydrogen) atoms. The van der Waals surface area contributed by atoms with Crippen LogP contribution in [0, 0.1) is 22.8 Å². The van der Waals surface area contributed by atoms with Crippen molar-refractivity contribution in [1.29, 1.82) is 10.5 Å². The van der Waals surface area contributed by atoms with Crippen LogP contribution >= 0.6 is 11.8 Å². The smallest absolute Gasteiger partial charge is 0.211 e. The Labute approximate surface area is 183 Å². The molecule has 1 atom stereocenters. The van der Waals surface area contributed by atoms with Crippen molar-refractivity contribution in [1.82, 2.24) is 10.3 Å². The van der Waals surface area contributed by atoms with Gasteiger partial charge < -0.3 is 16.8 Å². The van der Waals surface area contributed by atoms with Crippen molar-refractivity contribution >= 4 is 35.0 Å². The number of rotatable bonds is 3. The molecule has 4 rings (SSSR count). The van der Waals surface area contributed by atoms with Crippen LogP contribution in [0.1, 0.15) is 22.7 Å². The third kappa shape index (κ3) is 3.59. The summed E-state index contributed by atoms with van der Waals surface area (Å²) >= 11 is 1.67. The molecule has 9 heteroatoms. The van der Waals surface area contributed by atoms with Gasteiger partial charge in [0.15, 0.2) is 6.19 Å². The molecule has 2 aromatic carbocycles. The third-order valence-corrected chi connectivity index (χ3v) is 5.76. The highest BCUT2D eigenvalue weighted by Crippen LogP contribution is 2.43. The molecule has 0 aliphatic carbocycles. The molecular weight excluding hydrogens is 408 g/mol. The Morgan fingerprint density at radius 1 is 1.10 bits per heavy atom. The number of nitrogens with zero attached hydrogens (tertiary/aromatic N) is 4. The fourth-order valence-corrected chi connectivity index (χ4v) is 3.98. The zero-order valence-electron chi connectivity index (χ0n) is 16.5. The minimum absolute atomic E-state index is 0.0177. The molecule has 152 valence electrons. The molecule has 0 saturated carbocycles. The summed E-state index contributed by atoms with van der Waals surface area (Å²) in [7, 11) is 0. The zero-order valence-corrected chi connectivity index (χ0v) is 17.4. The minimum atomic E-state index is -0.594. The predicted molar refractivity (Wildman–Crippen MR) is 123 cm³/mol. The molecule has 3 aromatic rings. The lowest BCUT2D eigenvalue weighted by molar-refractivity contribution is 0.848. The molecule has 0 amide bonds. The summed E-state index contributed by atoms with van der Waals surface area (Å²) in [4.78, 5) is 10.1. The number of pyridine rings is 1. The largest absolute Gasteiger partial charge is 0.397 e. The van der Waals surface area contributed by atoms with Crippen LogP contribution < -0.4 is 22.1 Å². The van der Waals surface area contributed by atoms with Gasteiger partial charge in [0.1, 0.15) is 29.3 Å². The van der Waals surface area contributed by atoms with Gasteiger partial charge in [-0.05, 0) is 35.1 Å². The van der Waals surface area contributed by atoms with Gasteiger partial charge in [-0.2, -0.15) is 10.5 Å². The van der Waals surface area contributed by atoms with Gasteiger partial charge in [0.25, 0.3) is 0 Å². The Bertz CT molecular complexity index is 1270. The highest BCUT2D eigenvalue weighted by atomic mass is 32.2. The molecule has 6 N–H and O–H groups in total. The van der Waals surface area contributed by atoms with E-state index in [0.29, 0.717) is 11.4 Å². The van der Waals surface area contributed by atoms with Crippen molar-refractivity contribution in [3.05, 3.63) is 65.2 Å².